The van der Waals surface area contributed by atoms with Gasteiger partial charge in [-0.05, 0) is 6.92 Å². The predicted molar refractivity (Wildman–Crippen MR) is 58.4 cm³/mol. The lowest BCUT2D eigenvalue weighted by Crippen LogP contribution is -2.46. The van der Waals surface area contributed by atoms with Crippen LogP contribution in [0.1, 0.15) is 6.92 Å². The molecular formula is C8H18N2O5S. The topological polar surface area (TPSA) is 105 Å². The van der Waals surface area contributed by atoms with Gasteiger partial charge >= 0.3 is 0 Å². The van der Waals surface area contributed by atoms with Crippen molar-refractivity contribution in [3.8, 4) is 0 Å². The van der Waals surface area contributed by atoms with Crippen LogP contribution in [0.15, 0.2) is 0 Å². The van der Waals surface area contributed by atoms with Crippen molar-refractivity contribution in [1.82, 2.24) is 10.0 Å². The first-order valence-corrected chi connectivity index (χ1v) is 6.45. The first-order chi connectivity index (χ1) is 7.43. The van der Waals surface area contributed by atoms with E-state index >= 15 is 0 Å². The van der Waals surface area contributed by atoms with Crippen LogP contribution in [0.2, 0.25) is 0 Å². The maximum Gasteiger partial charge on any atom is 0.237 e. The second-order valence-corrected chi connectivity index (χ2v) is 5.04. The monoisotopic (exact) mass is 254 g/mol. The molecule has 0 heterocycles. The summed E-state index contributed by atoms with van der Waals surface area (Å²) in [7, 11) is -2.10. The van der Waals surface area contributed by atoms with E-state index in [0.29, 0.717) is 13.2 Å². The lowest BCUT2D eigenvalue weighted by Gasteiger charge is -2.13. The summed E-state index contributed by atoms with van der Waals surface area (Å²) in [5, 5.41) is 11.0. The van der Waals surface area contributed by atoms with E-state index < -0.39 is 34.3 Å². The van der Waals surface area contributed by atoms with E-state index in [0.717, 1.165) is 0 Å². The number of ether oxygens (including phenoxy) is 1. The fourth-order valence-electron chi connectivity index (χ4n) is 0.931. The molecule has 0 aliphatic carbocycles. The summed E-state index contributed by atoms with van der Waals surface area (Å²) in [5.74, 6) is -0.846. The van der Waals surface area contributed by atoms with Crippen LogP contribution >= 0.6 is 0 Å². The average Bonchev–Trinajstić information content (AvgIpc) is 2.16. The van der Waals surface area contributed by atoms with Crippen molar-refractivity contribution < 1.29 is 23.1 Å². The highest BCUT2D eigenvalue weighted by Crippen LogP contribution is 1.89. The second kappa shape index (κ2) is 7.55. The molecule has 0 aromatic carbocycles. The van der Waals surface area contributed by atoms with Gasteiger partial charge in [-0.3, -0.25) is 4.79 Å². The molecule has 0 aromatic rings. The molecule has 0 spiro atoms. The van der Waals surface area contributed by atoms with E-state index in [4.69, 9.17) is 9.84 Å². The lowest BCUT2D eigenvalue weighted by molar-refractivity contribution is -0.122. The Morgan fingerprint density at radius 3 is 2.62 bits per heavy atom. The largest absolute Gasteiger partial charge is 0.395 e. The minimum absolute atomic E-state index is 0.321. The number of hydrogen-bond donors (Lipinski definition) is 3. The molecule has 1 atom stereocenters. The first-order valence-electron chi connectivity index (χ1n) is 4.80. The number of carbonyl (C=O) groups is 1. The Balaban J connectivity index is 4.05. The van der Waals surface area contributed by atoms with Gasteiger partial charge in [0.1, 0.15) is 0 Å². The number of rotatable bonds is 8. The zero-order valence-corrected chi connectivity index (χ0v) is 10.2. The molecule has 0 saturated heterocycles. The Labute approximate surface area is 95.2 Å². The van der Waals surface area contributed by atoms with Gasteiger partial charge in [0.2, 0.25) is 15.9 Å². The van der Waals surface area contributed by atoms with E-state index in [2.05, 4.69) is 10.0 Å². The maximum absolute atomic E-state index is 11.3. The molecule has 1 unspecified atom stereocenters. The fourth-order valence-corrected chi connectivity index (χ4v) is 1.94. The molecule has 96 valence electrons. The van der Waals surface area contributed by atoms with Crippen LogP contribution in [-0.4, -0.2) is 58.1 Å². The van der Waals surface area contributed by atoms with Crippen LogP contribution < -0.4 is 10.0 Å². The molecule has 0 aliphatic heterocycles. The highest BCUT2D eigenvalue weighted by atomic mass is 32.2. The van der Waals surface area contributed by atoms with Crippen molar-refractivity contribution in [2.24, 2.45) is 0 Å². The number of methoxy groups -OCH3 is 1. The molecule has 16 heavy (non-hydrogen) atoms. The molecule has 0 fully saturated rings. The van der Waals surface area contributed by atoms with Gasteiger partial charge in [0.25, 0.3) is 0 Å². The van der Waals surface area contributed by atoms with Gasteiger partial charge in [0.05, 0.1) is 25.0 Å². The third kappa shape index (κ3) is 6.72. The smallest absolute Gasteiger partial charge is 0.237 e. The van der Waals surface area contributed by atoms with Crippen LogP contribution in [0.5, 0.6) is 0 Å². The third-order valence-corrected chi connectivity index (χ3v) is 3.15. The summed E-state index contributed by atoms with van der Waals surface area (Å²) in [4.78, 5) is 11.3. The number of nitrogens with one attached hydrogen (secondary N) is 2. The quantitative estimate of drug-likeness (QED) is 0.437. The number of carbonyl (C=O) groups excluding carboxylic acids is 1. The summed E-state index contributed by atoms with van der Waals surface area (Å²) in [6.45, 7) is 1.63. The van der Waals surface area contributed by atoms with Gasteiger partial charge < -0.3 is 15.2 Å². The average molecular weight is 254 g/mol. The van der Waals surface area contributed by atoms with Crippen molar-refractivity contribution >= 4 is 15.9 Å². The van der Waals surface area contributed by atoms with Gasteiger partial charge in [0, 0.05) is 13.7 Å². The Kier molecular flexibility index (Phi) is 7.22. The first kappa shape index (κ1) is 15.3. The molecule has 8 heteroatoms. The number of sulfonamides is 1. The minimum atomic E-state index is -3.60. The molecular weight excluding hydrogens is 236 g/mol. The van der Waals surface area contributed by atoms with E-state index in [9.17, 15) is 13.2 Å². The molecule has 7 nitrogen and oxygen atoms in total. The molecule has 0 aromatic heterocycles. The fraction of sp³-hybridized carbons (Fsp3) is 0.875. The molecule has 0 aliphatic rings. The van der Waals surface area contributed by atoms with Gasteiger partial charge in [-0.25, -0.2) is 13.1 Å². The standard InChI is InChI=1S/C8H18N2O5S/c1-7(8(12)9-3-5-15-2)10-16(13,14)6-4-11/h7,10-11H,3-6H2,1-2H3,(H,9,12). The maximum atomic E-state index is 11.3. The van der Waals surface area contributed by atoms with Gasteiger partial charge in [-0.1, -0.05) is 0 Å². The number of amides is 1. The summed E-state index contributed by atoms with van der Waals surface area (Å²) in [5.41, 5.74) is 0. The Morgan fingerprint density at radius 1 is 1.50 bits per heavy atom. The highest BCUT2D eigenvalue weighted by molar-refractivity contribution is 7.89. The molecule has 0 rings (SSSR count). The van der Waals surface area contributed by atoms with Crippen LogP contribution in [0.4, 0.5) is 0 Å². The molecule has 0 saturated carbocycles. The summed E-state index contributed by atoms with van der Waals surface area (Å²) in [6, 6.07) is -0.867. The zero-order chi connectivity index (χ0) is 12.6. The van der Waals surface area contributed by atoms with E-state index in [1.54, 1.807) is 0 Å². The van der Waals surface area contributed by atoms with Crippen LogP contribution in [-0.2, 0) is 19.6 Å². The normalized spacial score (nSPS) is 13.4. The van der Waals surface area contributed by atoms with Crippen molar-refractivity contribution in [1.29, 1.82) is 0 Å². The number of hydrogen-bond acceptors (Lipinski definition) is 5. The lowest BCUT2D eigenvalue weighted by atomic mass is 10.3. The van der Waals surface area contributed by atoms with E-state index in [1.165, 1.54) is 14.0 Å². The van der Waals surface area contributed by atoms with Crippen molar-refractivity contribution in [2.75, 3.05) is 32.6 Å². The Hall–Kier alpha value is -0.700. The number of aliphatic hydroxyl groups excluding tert-OH is 1. The summed E-state index contributed by atoms with van der Waals surface area (Å²) < 4.78 is 29.3. The van der Waals surface area contributed by atoms with Gasteiger partial charge in [-0.15, -0.1) is 0 Å². The van der Waals surface area contributed by atoms with Crippen LogP contribution in [0, 0.1) is 0 Å². The van der Waals surface area contributed by atoms with Crippen LogP contribution in [0.3, 0.4) is 0 Å². The predicted octanol–water partition coefficient (Wildman–Crippen LogP) is -1.95. The third-order valence-electron chi connectivity index (χ3n) is 1.72. The summed E-state index contributed by atoms with van der Waals surface area (Å²) in [6.07, 6.45) is 0. The SMILES string of the molecule is COCCNC(=O)C(C)NS(=O)(=O)CCO. The molecule has 3 N–H and O–H groups in total. The van der Waals surface area contributed by atoms with E-state index in [-0.39, 0.29) is 0 Å². The van der Waals surface area contributed by atoms with Crippen molar-refractivity contribution in [2.45, 2.75) is 13.0 Å². The zero-order valence-electron chi connectivity index (χ0n) is 9.39. The minimum Gasteiger partial charge on any atom is -0.395 e. The number of aliphatic hydroxyl groups is 1. The van der Waals surface area contributed by atoms with Gasteiger partial charge in [-0.2, -0.15) is 0 Å². The molecule has 1 amide bonds. The van der Waals surface area contributed by atoms with Crippen molar-refractivity contribution in [3.05, 3.63) is 0 Å². The molecule has 0 bridgehead atoms. The Morgan fingerprint density at radius 2 is 2.12 bits per heavy atom. The van der Waals surface area contributed by atoms with E-state index in [1.807, 2.05) is 0 Å². The van der Waals surface area contributed by atoms with Crippen molar-refractivity contribution in [3.63, 3.8) is 0 Å². The Bertz CT molecular complexity index is 304. The van der Waals surface area contributed by atoms with Crippen LogP contribution in [0.25, 0.3) is 0 Å². The second-order valence-electron chi connectivity index (χ2n) is 3.17. The van der Waals surface area contributed by atoms with Gasteiger partial charge in [0.15, 0.2) is 0 Å². The highest BCUT2D eigenvalue weighted by Gasteiger charge is 2.19. The molecule has 0 radical (unpaired) electrons. The summed E-state index contributed by atoms with van der Waals surface area (Å²) >= 11 is 0.